The molecule has 1 saturated heterocycles. The molecule has 1 aliphatic carbocycles. The first kappa shape index (κ1) is 23.0. The number of aryl methyl sites for hydroxylation is 1. The lowest BCUT2D eigenvalue weighted by Gasteiger charge is -2.21. The molecule has 2 fully saturated rings. The lowest BCUT2D eigenvalue weighted by atomic mass is 9.99. The summed E-state index contributed by atoms with van der Waals surface area (Å²) in [5, 5.41) is 8.60. The zero-order valence-electron chi connectivity index (χ0n) is 18.8. The van der Waals surface area contributed by atoms with Gasteiger partial charge >= 0.3 is 0 Å². The van der Waals surface area contributed by atoms with Gasteiger partial charge in [-0.15, -0.1) is 0 Å². The van der Waals surface area contributed by atoms with E-state index in [2.05, 4.69) is 20.9 Å². The van der Waals surface area contributed by atoms with Crippen LogP contribution < -0.4 is 16.0 Å². The lowest BCUT2D eigenvalue weighted by molar-refractivity contribution is -0.127. The molecule has 9 nitrogen and oxygen atoms in total. The Labute approximate surface area is 192 Å². The first-order valence-corrected chi connectivity index (χ1v) is 11.5. The minimum Gasteiger partial charge on any atom is -0.448 e. The number of rotatable bonds is 9. The first-order valence-electron chi connectivity index (χ1n) is 11.5. The monoisotopic (exact) mass is 454 g/mol. The molecule has 0 radical (unpaired) electrons. The summed E-state index contributed by atoms with van der Waals surface area (Å²) < 4.78 is 10.7. The summed E-state index contributed by atoms with van der Waals surface area (Å²) in [5.74, 6) is 0.404. The Morgan fingerprint density at radius 3 is 2.55 bits per heavy atom. The molecule has 2 heterocycles. The molecule has 1 aliphatic heterocycles. The van der Waals surface area contributed by atoms with Crippen LogP contribution in [0.1, 0.15) is 70.3 Å². The molecular weight excluding hydrogens is 424 g/mol. The molecule has 1 saturated carbocycles. The number of nitrogens with zero attached hydrogens (tertiary/aromatic N) is 1. The Morgan fingerprint density at radius 1 is 1.03 bits per heavy atom. The van der Waals surface area contributed by atoms with Gasteiger partial charge in [-0.1, -0.05) is 6.07 Å². The molecule has 9 heteroatoms. The molecule has 3 amide bonds. The maximum Gasteiger partial charge on any atom is 0.277 e. The van der Waals surface area contributed by atoms with Crippen LogP contribution in [0.15, 0.2) is 28.9 Å². The van der Waals surface area contributed by atoms with Crippen LogP contribution in [0.3, 0.4) is 0 Å². The normalized spacial score (nSPS) is 16.3. The molecule has 176 valence electrons. The first-order chi connectivity index (χ1) is 16.0. The summed E-state index contributed by atoms with van der Waals surface area (Å²) in [6, 6.07) is 5.16. The van der Waals surface area contributed by atoms with Crippen molar-refractivity contribution in [2.75, 3.05) is 31.6 Å². The lowest BCUT2D eigenvalue weighted by Crippen LogP contribution is -2.36. The van der Waals surface area contributed by atoms with Crippen molar-refractivity contribution in [1.29, 1.82) is 0 Å². The van der Waals surface area contributed by atoms with E-state index in [1.54, 1.807) is 18.2 Å². The van der Waals surface area contributed by atoms with E-state index in [1.807, 2.05) is 6.92 Å². The van der Waals surface area contributed by atoms with Crippen LogP contribution >= 0.6 is 0 Å². The number of amides is 3. The predicted molar refractivity (Wildman–Crippen MR) is 121 cm³/mol. The van der Waals surface area contributed by atoms with Crippen molar-refractivity contribution in [3.05, 3.63) is 47.2 Å². The van der Waals surface area contributed by atoms with Crippen LogP contribution in [0, 0.1) is 12.8 Å². The van der Waals surface area contributed by atoms with E-state index in [4.69, 9.17) is 9.15 Å². The molecule has 2 aromatic rings. The second-order valence-corrected chi connectivity index (χ2v) is 8.62. The summed E-state index contributed by atoms with van der Waals surface area (Å²) in [5.41, 5.74) is 2.06. The SMILES string of the molecule is Cc1ccc(C(=O)NCCCNC(=O)C2CCOCC2)cc1NC(=O)c1coc(C2CC2)n1. The molecule has 1 aromatic carbocycles. The van der Waals surface area contributed by atoms with Crippen LogP contribution in [0.5, 0.6) is 0 Å². The van der Waals surface area contributed by atoms with Crippen molar-refractivity contribution in [1.82, 2.24) is 15.6 Å². The Balaban J connectivity index is 1.23. The molecule has 2 aliphatic rings. The predicted octanol–water partition coefficient (Wildman–Crippen LogP) is 2.78. The molecule has 33 heavy (non-hydrogen) atoms. The van der Waals surface area contributed by atoms with E-state index >= 15 is 0 Å². The van der Waals surface area contributed by atoms with Gasteiger partial charge in [-0.25, -0.2) is 4.98 Å². The van der Waals surface area contributed by atoms with Crippen LogP contribution in [0.25, 0.3) is 0 Å². The third-order valence-electron chi connectivity index (χ3n) is 5.96. The average Bonchev–Trinajstić information content (AvgIpc) is 3.56. The highest BCUT2D eigenvalue weighted by Crippen LogP contribution is 2.39. The van der Waals surface area contributed by atoms with Crippen LogP contribution in [-0.4, -0.2) is 49.0 Å². The minimum atomic E-state index is -0.369. The van der Waals surface area contributed by atoms with Gasteiger partial charge < -0.3 is 25.1 Å². The fourth-order valence-electron chi connectivity index (χ4n) is 3.70. The third kappa shape index (κ3) is 6.19. The van der Waals surface area contributed by atoms with E-state index in [0.29, 0.717) is 55.8 Å². The Morgan fingerprint density at radius 2 is 1.79 bits per heavy atom. The van der Waals surface area contributed by atoms with Gasteiger partial charge in [-0.2, -0.15) is 0 Å². The van der Waals surface area contributed by atoms with Crippen LogP contribution in [-0.2, 0) is 9.53 Å². The maximum absolute atomic E-state index is 12.5. The van der Waals surface area contributed by atoms with Crippen molar-refractivity contribution < 1.29 is 23.5 Å². The number of carbonyl (C=O) groups excluding carboxylic acids is 3. The number of hydrogen-bond acceptors (Lipinski definition) is 6. The quantitative estimate of drug-likeness (QED) is 0.501. The number of hydrogen-bond donors (Lipinski definition) is 3. The Kier molecular flexibility index (Phi) is 7.39. The molecule has 4 rings (SSSR count). The van der Waals surface area contributed by atoms with Crippen molar-refractivity contribution in [2.45, 2.75) is 44.9 Å². The zero-order chi connectivity index (χ0) is 23.2. The molecular formula is C24H30N4O5. The number of oxazole rings is 1. The Bertz CT molecular complexity index is 1010. The van der Waals surface area contributed by atoms with Gasteiger partial charge in [-0.05, 0) is 56.7 Å². The van der Waals surface area contributed by atoms with Crippen molar-refractivity contribution >= 4 is 23.4 Å². The van der Waals surface area contributed by atoms with Crippen molar-refractivity contribution in [2.24, 2.45) is 5.92 Å². The molecule has 0 atom stereocenters. The topological polar surface area (TPSA) is 123 Å². The second kappa shape index (κ2) is 10.6. The third-order valence-corrected chi connectivity index (χ3v) is 5.96. The average molecular weight is 455 g/mol. The molecule has 3 N–H and O–H groups in total. The van der Waals surface area contributed by atoms with Crippen LogP contribution in [0.4, 0.5) is 5.69 Å². The fourth-order valence-corrected chi connectivity index (χ4v) is 3.70. The molecule has 1 aromatic heterocycles. The number of carbonyl (C=O) groups is 3. The van der Waals surface area contributed by atoms with Gasteiger partial charge in [-0.3, -0.25) is 14.4 Å². The van der Waals surface area contributed by atoms with E-state index in [0.717, 1.165) is 31.2 Å². The van der Waals surface area contributed by atoms with Gasteiger partial charge in [0.25, 0.3) is 11.8 Å². The molecule has 0 bridgehead atoms. The highest BCUT2D eigenvalue weighted by Gasteiger charge is 2.29. The number of ether oxygens (including phenoxy) is 1. The summed E-state index contributed by atoms with van der Waals surface area (Å²) in [6.07, 6.45) is 5.60. The second-order valence-electron chi connectivity index (χ2n) is 8.62. The number of nitrogens with one attached hydrogen (secondary N) is 3. The molecule has 0 spiro atoms. The summed E-state index contributed by atoms with van der Waals surface area (Å²) in [4.78, 5) is 41.5. The summed E-state index contributed by atoms with van der Waals surface area (Å²) in [6.45, 7) is 4.06. The number of aromatic nitrogens is 1. The van der Waals surface area contributed by atoms with Crippen molar-refractivity contribution in [3.8, 4) is 0 Å². The van der Waals surface area contributed by atoms with Gasteiger partial charge in [0.1, 0.15) is 6.26 Å². The Hall–Kier alpha value is -3.20. The van der Waals surface area contributed by atoms with Gasteiger partial charge in [0.05, 0.1) is 0 Å². The highest BCUT2D eigenvalue weighted by atomic mass is 16.5. The van der Waals surface area contributed by atoms with Gasteiger partial charge in [0.15, 0.2) is 11.6 Å². The summed E-state index contributed by atoms with van der Waals surface area (Å²) >= 11 is 0. The van der Waals surface area contributed by atoms with Gasteiger partial charge in [0, 0.05) is 49.4 Å². The van der Waals surface area contributed by atoms with E-state index in [-0.39, 0.29) is 29.3 Å². The number of anilines is 1. The highest BCUT2D eigenvalue weighted by molar-refractivity contribution is 6.04. The van der Waals surface area contributed by atoms with E-state index in [9.17, 15) is 14.4 Å². The van der Waals surface area contributed by atoms with E-state index in [1.165, 1.54) is 6.26 Å². The van der Waals surface area contributed by atoms with E-state index < -0.39 is 0 Å². The largest absolute Gasteiger partial charge is 0.448 e. The number of benzene rings is 1. The zero-order valence-corrected chi connectivity index (χ0v) is 18.8. The van der Waals surface area contributed by atoms with Crippen LogP contribution in [0.2, 0.25) is 0 Å². The summed E-state index contributed by atoms with van der Waals surface area (Å²) in [7, 11) is 0. The fraction of sp³-hybridized carbons (Fsp3) is 0.500. The van der Waals surface area contributed by atoms with Crippen molar-refractivity contribution in [3.63, 3.8) is 0 Å². The van der Waals surface area contributed by atoms with Gasteiger partial charge in [0.2, 0.25) is 5.91 Å². The standard InChI is InChI=1S/C24H30N4O5/c1-15-3-4-18(13-19(15)27-23(31)20-14-33-24(28-20)17-5-6-17)22(30)26-10-2-9-25-21(29)16-7-11-32-12-8-16/h3-4,13-14,16-17H,2,5-12H2,1H3,(H,25,29)(H,26,30)(H,27,31). The smallest absolute Gasteiger partial charge is 0.277 e. The molecule has 0 unspecified atom stereocenters. The minimum absolute atomic E-state index is 0.0204. The maximum atomic E-state index is 12.5.